The molecule has 5 nitrogen and oxygen atoms in total. The van der Waals surface area contributed by atoms with Gasteiger partial charge in [-0.15, -0.1) is 0 Å². The van der Waals surface area contributed by atoms with Crippen molar-refractivity contribution in [2.24, 2.45) is 5.92 Å². The molecule has 0 saturated carbocycles. The van der Waals surface area contributed by atoms with Crippen LogP contribution in [0.3, 0.4) is 0 Å². The van der Waals surface area contributed by atoms with Gasteiger partial charge in [-0.3, -0.25) is 19.5 Å². The summed E-state index contributed by atoms with van der Waals surface area (Å²) in [6.07, 6.45) is 1.68. The summed E-state index contributed by atoms with van der Waals surface area (Å²) >= 11 is 0. The molecule has 1 saturated heterocycles. The van der Waals surface area contributed by atoms with E-state index in [0.717, 1.165) is 5.69 Å². The zero-order valence-corrected chi connectivity index (χ0v) is 12.6. The Morgan fingerprint density at radius 2 is 2.00 bits per heavy atom. The molecule has 0 spiro atoms. The number of carbonyl (C=O) groups excluding carboxylic acids is 2. The first-order valence-corrected chi connectivity index (χ1v) is 6.83. The van der Waals surface area contributed by atoms with E-state index in [-0.39, 0.29) is 17.7 Å². The van der Waals surface area contributed by atoms with E-state index in [4.69, 9.17) is 0 Å². The molecule has 1 fully saturated rings. The first kappa shape index (κ1) is 14.5. The fourth-order valence-electron chi connectivity index (χ4n) is 2.57. The van der Waals surface area contributed by atoms with Crippen LogP contribution in [-0.2, 0) is 9.59 Å². The highest BCUT2D eigenvalue weighted by atomic mass is 16.2. The molecule has 2 amide bonds. The van der Waals surface area contributed by atoms with E-state index in [0.29, 0.717) is 5.69 Å². The maximum Gasteiger partial charge on any atom is 0.252 e. The van der Waals surface area contributed by atoms with Gasteiger partial charge < -0.3 is 5.32 Å². The molecule has 5 heteroatoms. The lowest BCUT2D eigenvalue weighted by Crippen LogP contribution is -2.69. The van der Waals surface area contributed by atoms with Gasteiger partial charge in [0, 0.05) is 6.20 Å². The Labute approximate surface area is 119 Å². The third-order valence-corrected chi connectivity index (χ3v) is 3.61. The van der Waals surface area contributed by atoms with Crippen LogP contribution in [0.5, 0.6) is 0 Å². The summed E-state index contributed by atoms with van der Waals surface area (Å²) in [5, 5.41) is 2.81. The number of amides is 2. The van der Waals surface area contributed by atoms with Crippen molar-refractivity contribution in [2.45, 2.75) is 46.2 Å². The molecule has 2 rings (SSSR count). The minimum atomic E-state index is -0.898. The van der Waals surface area contributed by atoms with E-state index in [9.17, 15) is 9.59 Å². The number of aromatic nitrogens is 1. The second kappa shape index (κ2) is 4.89. The van der Waals surface area contributed by atoms with Gasteiger partial charge in [-0.2, -0.15) is 0 Å². The second-order valence-corrected chi connectivity index (χ2v) is 6.09. The molecule has 1 unspecified atom stereocenters. The van der Waals surface area contributed by atoms with Gasteiger partial charge in [-0.25, -0.2) is 0 Å². The highest BCUT2D eigenvalue weighted by Gasteiger charge is 2.47. The summed E-state index contributed by atoms with van der Waals surface area (Å²) in [4.78, 5) is 30.9. The van der Waals surface area contributed by atoms with E-state index >= 15 is 0 Å². The molecular weight excluding hydrogens is 254 g/mol. The smallest absolute Gasteiger partial charge is 0.252 e. The van der Waals surface area contributed by atoms with Crippen LogP contribution in [0.4, 0.5) is 5.69 Å². The van der Waals surface area contributed by atoms with Crippen molar-refractivity contribution in [1.82, 2.24) is 10.3 Å². The fourth-order valence-corrected chi connectivity index (χ4v) is 2.57. The van der Waals surface area contributed by atoms with Gasteiger partial charge in [0.1, 0.15) is 11.6 Å². The molecule has 1 aromatic rings. The summed E-state index contributed by atoms with van der Waals surface area (Å²) < 4.78 is 0. The van der Waals surface area contributed by atoms with Gasteiger partial charge in [0.05, 0.1) is 11.4 Å². The van der Waals surface area contributed by atoms with Crippen molar-refractivity contribution in [2.75, 3.05) is 4.90 Å². The van der Waals surface area contributed by atoms with Crippen molar-refractivity contribution in [3.8, 4) is 0 Å². The summed E-state index contributed by atoms with van der Waals surface area (Å²) in [5.74, 6) is -0.200. The second-order valence-electron chi connectivity index (χ2n) is 6.09. The molecule has 108 valence electrons. The average Bonchev–Trinajstić information content (AvgIpc) is 2.33. The number of nitrogens with zero attached hydrogens (tertiary/aromatic N) is 2. The van der Waals surface area contributed by atoms with Crippen molar-refractivity contribution in [3.05, 3.63) is 24.0 Å². The van der Waals surface area contributed by atoms with Gasteiger partial charge >= 0.3 is 0 Å². The molecule has 2 heterocycles. The Hall–Kier alpha value is -1.91. The number of rotatable bonds is 2. The first-order valence-electron chi connectivity index (χ1n) is 6.83. The summed E-state index contributed by atoms with van der Waals surface area (Å²) in [6, 6.07) is 3.12. The number of aryl methyl sites for hydroxylation is 1. The number of nitrogens with one attached hydrogen (secondary N) is 1. The Morgan fingerprint density at radius 1 is 1.35 bits per heavy atom. The van der Waals surface area contributed by atoms with Crippen molar-refractivity contribution >= 4 is 17.5 Å². The quantitative estimate of drug-likeness (QED) is 0.892. The van der Waals surface area contributed by atoms with Crippen LogP contribution in [-0.4, -0.2) is 28.4 Å². The van der Waals surface area contributed by atoms with E-state index in [2.05, 4.69) is 10.3 Å². The molecule has 20 heavy (non-hydrogen) atoms. The number of hydrogen-bond donors (Lipinski definition) is 1. The zero-order valence-electron chi connectivity index (χ0n) is 12.6. The lowest BCUT2D eigenvalue weighted by Gasteiger charge is -2.44. The van der Waals surface area contributed by atoms with Crippen LogP contribution >= 0.6 is 0 Å². The molecule has 0 aromatic carbocycles. The third kappa shape index (κ3) is 2.28. The molecule has 1 atom stereocenters. The fraction of sp³-hybridized carbons (Fsp3) is 0.533. The zero-order chi connectivity index (χ0) is 15.1. The lowest BCUT2D eigenvalue weighted by molar-refractivity contribution is -0.138. The van der Waals surface area contributed by atoms with E-state index < -0.39 is 11.6 Å². The Morgan fingerprint density at radius 3 is 2.55 bits per heavy atom. The maximum atomic E-state index is 12.7. The molecule has 0 bridgehead atoms. The predicted molar refractivity (Wildman–Crippen MR) is 77.3 cm³/mol. The number of anilines is 1. The van der Waals surface area contributed by atoms with Crippen molar-refractivity contribution in [1.29, 1.82) is 0 Å². The molecule has 1 aliphatic heterocycles. The maximum absolute atomic E-state index is 12.7. The van der Waals surface area contributed by atoms with Crippen LogP contribution in [0.1, 0.15) is 33.4 Å². The van der Waals surface area contributed by atoms with Gasteiger partial charge in [0.2, 0.25) is 5.91 Å². The summed E-state index contributed by atoms with van der Waals surface area (Å²) in [6.45, 7) is 9.17. The van der Waals surface area contributed by atoms with E-state index in [1.165, 1.54) is 0 Å². The Kier molecular flexibility index (Phi) is 3.54. The molecule has 0 radical (unpaired) electrons. The van der Waals surface area contributed by atoms with Gasteiger partial charge in [0.15, 0.2) is 0 Å². The first-order chi connectivity index (χ1) is 9.25. The highest BCUT2D eigenvalue weighted by Crippen LogP contribution is 2.29. The van der Waals surface area contributed by atoms with E-state index in [1.54, 1.807) is 31.0 Å². The van der Waals surface area contributed by atoms with Crippen molar-refractivity contribution < 1.29 is 9.59 Å². The molecule has 1 aliphatic rings. The summed E-state index contributed by atoms with van der Waals surface area (Å²) in [7, 11) is 0. The normalized spacial score (nSPS) is 22.1. The predicted octanol–water partition coefficient (Wildman–Crippen LogP) is 1.66. The Balaban J connectivity index is 2.57. The van der Waals surface area contributed by atoms with Crippen LogP contribution in [0.15, 0.2) is 18.3 Å². The number of piperazine rings is 1. The largest absolute Gasteiger partial charge is 0.340 e. The SMILES string of the molecule is Cc1ncccc1N1C(=O)C(C)(C)NC(=O)C1C(C)C. The van der Waals surface area contributed by atoms with Crippen LogP contribution < -0.4 is 10.2 Å². The minimum absolute atomic E-state index is 0.0228. The van der Waals surface area contributed by atoms with E-state index in [1.807, 2.05) is 26.8 Å². The number of pyridine rings is 1. The van der Waals surface area contributed by atoms with Crippen molar-refractivity contribution in [3.63, 3.8) is 0 Å². The van der Waals surface area contributed by atoms with Crippen LogP contribution in [0.2, 0.25) is 0 Å². The highest BCUT2D eigenvalue weighted by molar-refractivity contribution is 6.10. The van der Waals surface area contributed by atoms with Gasteiger partial charge in [0.25, 0.3) is 5.91 Å². The minimum Gasteiger partial charge on any atom is -0.340 e. The monoisotopic (exact) mass is 275 g/mol. The Bertz CT molecular complexity index is 552. The topological polar surface area (TPSA) is 62.3 Å². The lowest BCUT2D eigenvalue weighted by atomic mass is 9.91. The summed E-state index contributed by atoms with van der Waals surface area (Å²) in [5.41, 5.74) is 0.557. The van der Waals surface area contributed by atoms with Gasteiger partial charge in [-0.05, 0) is 38.8 Å². The number of carbonyl (C=O) groups is 2. The van der Waals surface area contributed by atoms with Crippen LogP contribution in [0, 0.1) is 12.8 Å². The molecule has 0 aliphatic carbocycles. The third-order valence-electron chi connectivity index (χ3n) is 3.61. The van der Waals surface area contributed by atoms with Gasteiger partial charge in [-0.1, -0.05) is 13.8 Å². The average molecular weight is 275 g/mol. The molecular formula is C15H21N3O2. The molecule has 1 aromatic heterocycles. The standard InChI is InChI=1S/C15H21N3O2/c1-9(2)12-13(19)17-15(4,5)14(20)18(12)11-7-6-8-16-10(11)3/h6-9,12H,1-5H3,(H,17,19). The molecule has 1 N–H and O–H groups in total. The number of hydrogen-bond acceptors (Lipinski definition) is 3. The van der Waals surface area contributed by atoms with Crippen LogP contribution in [0.25, 0.3) is 0 Å².